The zero-order valence-electron chi connectivity index (χ0n) is 7.62. The second kappa shape index (κ2) is 4.91. The lowest BCUT2D eigenvalue weighted by Crippen LogP contribution is -2.17. The number of benzene rings is 1. The van der Waals surface area contributed by atoms with Crippen LogP contribution >= 0.6 is 15.9 Å². The molecule has 1 rings (SSSR count). The van der Waals surface area contributed by atoms with Gasteiger partial charge in [0.2, 0.25) is 5.78 Å². The molecule has 0 fully saturated rings. The van der Waals surface area contributed by atoms with Crippen LogP contribution in [0.5, 0.6) is 0 Å². The van der Waals surface area contributed by atoms with Crippen molar-refractivity contribution in [3.05, 3.63) is 34.3 Å². The van der Waals surface area contributed by atoms with Crippen molar-refractivity contribution in [1.29, 1.82) is 0 Å². The van der Waals surface area contributed by atoms with Gasteiger partial charge in [-0.1, -0.05) is 28.1 Å². The quantitative estimate of drug-likeness (QED) is 0.611. The first-order valence-electron chi connectivity index (χ1n) is 3.99. The summed E-state index contributed by atoms with van der Waals surface area (Å²) in [5.74, 6) is -1.33. The van der Waals surface area contributed by atoms with Crippen molar-refractivity contribution in [2.24, 2.45) is 0 Å². The summed E-state index contributed by atoms with van der Waals surface area (Å²) in [4.78, 5) is 21.9. The van der Waals surface area contributed by atoms with Crippen LogP contribution in [0.3, 0.4) is 0 Å². The number of ketones is 1. The van der Waals surface area contributed by atoms with Gasteiger partial charge in [-0.3, -0.25) is 4.79 Å². The Morgan fingerprint density at radius 2 is 1.86 bits per heavy atom. The monoisotopic (exact) mass is 256 g/mol. The van der Waals surface area contributed by atoms with Gasteiger partial charge in [0.05, 0.1) is 7.11 Å². The van der Waals surface area contributed by atoms with Gasteiger partial charge >= 0.3 is 5.97 Å². The number of hydrogen-bond acceptors (Lipinski definition) is 3. The van der Waals surface area contributed by atoms with E-state index in [4.69, 9.17) is 0 Å². The third-order valence-corrected chi connectivity index (χ3v) is 2.22. The fourth-order valence-electron chi connectivity index (χ4n) is 0.974. The smallest absolute Gasteiger partial charge is 0.374 e. The summed E-state index contributed by atoms with van der Waals surface area (Å²) >= 11 is 3.28. The van der Waals surface area contributed by atoms with Gasteiger partial charge < -0.3 is 4.74 Å². The molecule has 0 spiro atoms. The highest BCUT2D eigenvalue weighted by Crippen LogP contribution is 2.11. The van der Waals surface area contributed by atoms with E-state index in [2.05, 4.69) is 20.7 Å². The second-order valence-corrected chi connectivity index (χ2v) is 3.63. The molecule has 0 radical (unpaired) electrons. The minimum absolute atomic E-state index is 0.0833. The van der Waals surface area contributed by atoms with Gasteiger partial charge in [0.15, 0.2) is 0 Å². The Morgan fingerprint density at radius 3 is 2.36 bits per heavy atom. The van der Waals surface area contributed by atoms with E-state index in [-0.39, 0.29) is 6.42 Å². The number of carbonyl (C=O) groups excluding carboxylic acids is 2. The van der Waals surface area contributed by atoms with E-state index >= 15 is 0 Å². The molecule has 0 amide bonds. The molecule has 0 saturated carbocycles. The molecule has 1 aromatic rings. The molecule has 0 saturated heterocycles. The van der Waals surface area contributed by atoms with Crippen molar-refractivity contribution in [1.82, 2.24) is 0 Å². The number of rotatable bonds is 3. The van der Waals surface area contributed by atoms with Crippen LogP contribution < -0.4 is 0 Å². The lowest BCUT2D eigenvalue weighted by Gasteiger charge is -1.99. The number of hydrogen-bond donors (Lipinski definition) is 0. The van der Waals surface area contributed by atoms with Crippen LogP contribution in [0.2, 0.25) is 0 Å². The Labute approximate surface area is 90.2 Å². The molecule has 14 heavy (non-hydrogen) atoms. The number of Topliss-reactive ketones (excluding diaryl/α,β-unsaturated/α-hetero) is 1. The maximum Gasteiger partial charge on any atom is 0.374 e. The van der Waals surface area contributed by atoms with Crippen LogP contribution in [0.25, 0.3) is 0 Å². The van der Waals surface area contributed by atoms with Crippen molar-refractivity contribution in [3.63, 3.8) is 0 Å². The Bertz CT molecular complexity index is 343. The van der Waals surface area contributed by atoms with Crippen molar-refractivity contribution in [2.45, 2.75) is 6.42 Å². The number of esters is 1. The molecular weight excluding hydrogens is 248 g/mol. The molecule has 0 heterocycles. The lowest BCUT2D eigenvalue weighted by molar-refractivity contribution is -0.151. The normalized spacial score (nSPS) is 9.57. The maximum atomic E-state index is 11.1. The highest BCUT2D eigenvalue weighted by molar-refractivity contribution is 9.10. The molecule has 0 bridgehead atoms. The van der Waals surface area contributed by atoms with Crippen LogP contribution in [0.1, 0.15) is 5.56 Å². The number of ether oxygens (including phenoxy) is 1. The summed E-state index contributed by atoms with van der Waals surface area (Å²) < 4.78 is 5.25. The first kappa shape index (κ1) is 10.9. The summed E-state index contributed by atoms with van der Waals surface area (Å²) in [5, 5.41) is 0. The molecule has 0 aliphatic carbocycles. The summed E-state index contributed by atoms with van der Waals surface area (Å²) in [6.07, 6.45) is 0.0833. The SMILES string of the molecule is COC(=O)C(=O)Cc1ccc(Br)cc1. The predicted octanol–water partition coefficient (Wildman–Crippen LogP) is 1.73. The van der Waals surface area contributed by atoms with E-state index < -0.39 is 11.8 Å². The molecule has 0 unspecified atom stereocenters. The third-order valence-electron chi connectivity index (χ3n) is 1.69. The highest BCUT2D eigenvalue weighted by Gasteiger charge is 2.13. The predicted molar refractivity (Wildman–Crippen MR) is 54.9 cm³/mol. The van der Waals surface area contributed by atoms with E-state index in [0.717, 1.165) is 10.0 Å². The molecule has 3 nitrogen and oxygen atoms in total. The van der Waals surface area contributed by atoms with Crippen molar-refractivity contribution >= 4 is 27.7 Å². The Kier molecular flexibility index (Phi) is 3.83. The fraction of sp³-hybridized carbons (Fsp3) is 0.200. The average molecular weight is 257 g/mol. The summed E-state index contributed by atoms with van der Waals surface area (Å²) in [7, 11) is 1.20. The molecule has 0 aliphatic heterocycles. The van der Waals surface area contributed by atoms with Crippen molar-refractivity contribution in [3.8, 4) is 0 Å². The van der Waals surface area contributed by atoms with Crippen molar-refractivity contribution in [2.75, 3.05) is 7.11 Å². The van der Waals surface area contributed by atoms with E-state index in [1.54, 1.807) is 12.1 Å². The third kappa shape index (κ3) is 2.96. The van der Waals surface area contributed by atoms with Crippen LogP contribution in [-0.2, 0) is 20.7 Å². The Morgan fingerprint density at radius 1 is 1.29 bits per heavy atom. The molecule has 4 heteroatoms. The van der Waals surface area contributed by atoms with Gasteiger partial charge in [-0.25, -0.2) is 4.79 Å². The van der Waals surface area contributed by atoms with Gasteiger partial charge in [-0.2, -0.15) is 0 Å². The summed E-state index contributed by atoms with van der Waals surface area (Å²) in [6, 6.07) is 7.20. The largest absolute Gasteiger partial charge is 0.463 e. The van der Waals surface area contributed by atoms with E-state index in [9.17, 15) is 9.59 Å². The highest BCUT2D eigenvalue weighted by atomic mass is 79.9. The molecule has 0 aromatic heterocycles. The topological polar surface area (TPSA) is 43.4 Å². The summed E-state index contributed by atoms with van der Waals surface area (Å²) in [5.41, 5.74) is 0.795. The zero-order chi connectivity index (χ0) is 10.6. The van der Waals surface area contributed by atoms with Gasteiger partial charge in [-0.15, -0.1) is 0 Å². The molecule has 1 aromatic carbocycles. The van der Waals surface area contributed by atoms with Crippen molar-refractivity contribution < 1.29 is 14.3 Å². The van der Waals surface area contributed by atoms with E-state index in [0.29, 0.717) is 0 Å². The lowest BCUT2D eigenvalue weighted by atomic mass is 10.1. The average Bonchev–Trinajstić information content (AvgIpc) is 2.20. The van der Waals surface area contributed by atoms with Crippen LogP contribution in [0.4, 0.5) is 0 Å². The Balaban J connectivity index is 2.65. The zero-order valence-corrected chi connectivity index (χ0v) is 9.21. The minimum atomic E-state index is -0.798. The van der Waals surface area contributed by atoms with Crippen LogP contribution in [-0.4, -0.2) is 18.9 Å². The Hall–Kier alpha value is -1.16. The first-order chi connectivity index (χ1) is 6.63. The van der Waals surface area contributed by atoms with Gasteiger partial charge in [0.25, 0.3) is 0 Å². The minimum Gasteiger partial charge on any atom is -0.463 e. The first-order valence-corrected chi connectivity index (χ1v) is 4.78. The molecule has 0 N–H and O–H groups in total. The number of halogens is 1. The van der Waals surface area contributed by atoms with Crippen LogP contribution in [0.15, 0.2) is 28.7 Å². The number of methoxy groups -OCH3 is 1. The fourth-order valence-corrected chi connectivity index (χ4v) is 1.24. The molecule has 74 valence electrons. The van der Waals surface area contributed by atoms with E-state index in [1.807, 2.05) is 12.1 Å². The van der Waals surface area contributed by atoms with Gasteiger partial charge in [-0.05, 0) is 17.7 Å². The standard InChI is InChI=1S/C10H9BrO3/c1-14-10(13)9(12)6-7-2-4-8(11)5-3-7/h2-5H,6H2,1H3. The summed E-state index contributed by atoms with van der Waals surface area (Å²) in [6.45, 7) is 0. The van der Waals surface area contributed by atoms with Gasteiger partial charge in [0.1, 0.15) is 0 Å². The van der Waals surface area contributed by atoms with Gasteiger partial charge in [0, 0.05) is 10.9 Å². The number of carbonyl (C=O) groups is 2. The second-order valence-electron chi connectivity index (χ2n) is 2.72. The maximum absolute atomic E-state index is 11.1. The van der Waals surface area contributed by atoms with Crippen LogP contribution in [0, 0.1) is 0 Å². The molecular formula is C10H9BrO3. The molecule has 0 aliphatic rings. The van der Waals surface area contributed by atoms with E-state index in [1.165, 1.54) is 7.11 Å². The molecule has 0 atom stereocenters.